The number of imidazole rings is 1. The van der Waals surface area contributed by atoms with Crippen molar-refractivity contribution in [2.75, 3.05) is 0 Å². The molecule has 0 amide bonds. The topological polar surface area (TPSA) is 17.8 Å². The first-order chi connectivity index (χ1) is 13.3. The fourth-order valence-corrected chi connectivity index (χ4v) is 6.60. The molecule has 1 heterocycles. The lowest BCUT2D eigenvalue weighted by atomic mass is 9.54. The van der Waals surface area contributed by atoms with Crippen LogP contribution < -0.4 is 0 Å². The first-order valence-corrected chi connectivity index (χ1v) is 10.5. The molecular weight excluding hydrogens is 328 g/mol. The normalized spacial score (nSPS) is 31.3. The molecule has 0 unspecified atom stereocenters. The number of hydrogen-bond acceptors (Lipinski definition) is 1. The quantitative estimate of drug-likeness (QED) is 0.546. The highest BCUT2D eigenvalue weighted by Crippen LogP contribution is 2.58. The van der Waals surface area contributed by atoms with E-state index >= 15 is 0 Å². The summed E-state index contributed by atoms with van der Waals surface area (Å²) in [6.07, 6.45) is 11.5. The molecule has 1 aromatic heterocycles. The van der Waals surface area contributed by atoms with E-state index in [9.17, 15) is 0 Å². The summed E-state index contributed by atoms with van der Waals surface area (Å²) < 4.78 is 2.54. The van der Waals surface area contributed by atoms with Gasteiger partial charge in [0.1, 0.15) is 5.82 Å². The van der Waals surface area contributed by atoms with Crippen LogP contribution in [-0.4, -0.2) is 9.55 Å². The standard InChI is InChI=1S/C25H26N2/c1-2-5-19(6-3-1)20-7-4-8-21(16-20)25-26-9-10-27(25)24-22-12-17-11-18(14-22)15-23(24)13-17/h1-10,16-18,22-24H,11-15H2. The van der Waals surface area contributed by atoms with Crippen LogP contribution in [0.25, 0.3) is 22.5 Å². The van der Waals surface area contributed by atoms with Crippen LogP contribution in [0.3, 0.4) is 0 Å². The Morgan fingerprint density at radius 2 is 1.37 bits per heavy atom. The van der Waals surface area contributed by atoms with Gasteiger partial charge in [-0.05, 0) is 73.0 Å². The highest BCUT2D eigenvalue weighted by molar-refractivity contribution is 5.70. The molecule has 0 spiro atoms. The predicted octanol–water partition coefficient (Wildman–Crippen LogP) is 6.21. The summed E-state index contributed by atoms with van der Waals surface area (Å²) in [5.74, 6) is 4.91. The third-order valence-electron chi connectivity index (χ3n) is 7.39. The highest BCUT2D eigenvalue weighted by atomic mass is 15.1. The summed E-state index contributed by atoms with van der Waals surface area (Å²) in [5, 5.41) is 0. The molecule has 7 rings (SSSR count). The first-order valence-electron chi connectivity index (χ1n) is 10.5. The van der Waals surface area contributed by atoms with E-state index in [1.165, 1.54) is 48.8 Å². The van der Waals surface area contributed by atoms with Gasteiger partial charge < -0.3 is 4.57 Å². The first kappa shape index (κ1) is 15.7. The largest absolute Gasteiger partial charge is 0.327 e. The van der Waals surface area contributed by atoms with Crippen LogP contribution in [0.5, 0.6) is 0 Å². The molecule has 3 aromatic rings. The second-order valence-electron chi connectivity index (χ2n) is 9.03. The zero-order valence-corrected chi connectivity index (χ0v) is 15.7. The van der Waals surface area contributed by atoms with E-state index in [0.29, 0.717) is 6.04 Å². The van der Waals surface area contributed by atoms with Crippen molar-refractivity contribution in [3.05, 3.63) is 67.0 Å². The van der Waals surface area contributed by atoms with Crippen molar-refractivity contribution < 1.29 is 0 Å². The average Bonchev–Trinajstić information content (AvgIpc) is 3.17. The van der Waals surface area contributed by atoms with E-state index < -0.39 is 0 Å². The molecule has 27 heavy (non-hydrogen) atoms. The summed E-state index contributed by atoms with van der Waals surface area (Å²) in [4.78, 5) is 4.82. The van der Waals surface area contributed by atoms with Crippen molar-refractivity contribution in [2.45, 2.75) is 38.1 Å². The van der Waals surface area contributed by atoms with E-state index in [1.807, 2.05) is 6.20 Å². The third-order valence-corrected chi connectivity index (χ3v) is 7.39. The molecule has 0 aliphatic heterocycles. The van der Waals surface area contributed by atoms with Crippen LogP contribution in [0.1, 0.15) is 38.1 Å². The maximum Gasteiger partial charge on any atom is 0.140 e. The molecule has 0 radical (unpaired) electrons. The molecule has 136 valence electrons. The molecule has 4 fully saturated rings. The summed E-state index contributed by atoms with van der Waals surface area (Å²) in [6.45, 7) is 0. The minimum Gasteiger partial charge on any atom is -0.327 e. The van der Waals surface area contributed by atoms with Gasteiger partial charge in [0.2, 0.25) is 0 Å². The number of benzene rings is 2. The summed E-state index contributed by atoms with van der Waals surface area (Å²) in [7, 11) is 0. The number of hydrogen-bond donors (Lipinski definition) is 0. The molecule has 4 aliphatic rings. The van der Waals surface area contributed by atoms with E-state index in [4.69, 9.17) is 4.98 Å². The van der Waals surface area contributed by atoms with Gasteiger partial charge in [0.15, 0.2) is 0 Å². The van der Waals surface area contributed by atoms with E-state index in [2.05, 4.69) is 65.4 Å². The fraction of sp³-hybridized carbons (Fsp3) is 0.400. The second-order valence-corrected chi connectivity index (χ2v) is 9.03. The zero-order chi connectivity index (χ0) is 17.8. The Morgan fingerprint density at radius 3 is 2.11 bits per heavy atom. The molecule has 0 saturated heterocycles. The Bertz CT molecular complexity index is 927. The van der Waals surface area contributed by atoms with Crippen LogP contribution in [0.2, 0.25) is 0 Å². The van der Waals surface area contributed by atoms with Gasteiger partial charge in [0.25, 0.3) is 0 Å². The second kappa shape index (κ2) is 6.09. The SMILES string of the molecule is c1ccc(-c2cccc(-c3nccn3C3C4CC5CC(C4)CC3C5)c2)cc1. The summed E-state index contributed by atoms with van der Waals surface area (Å²) >= 11 is 0. The number of nitrogens with zero attached hydrogens (tertiary/aromatic N) is 2. The lowest BCUT2D eigenvalue weighted by Crippen LogP contribution is -2.45. The minimum absolute atomic E-state index is 0.663. The number of aromatic nitrogens is 2. The monoisotopic (exact) mass is 354 g/mol. The third kappa shape index (κ3) is 2.57. The van der Waals surface area contributed by atoms with Crippen LogP contribution >= 0.6 is 0 Å². The van der Waals surface area contributed by atoms with Gasteiger partial charge in [-0.2, -0.15) is 0 Å². The van der Waals surface area contributed by atoms with Crippen LogP contribution in [0, 0.1) is 23.7 Å². The van der Waals surface area contributed by atoms with Gasteiger partial charge in [0.05, 0.1) is 0 Å². The lowest BCUT2D eigenvalue weighted by Gasteiger charge is -2.54. The van der Waals surface area contributed by atoms with Gasteiger partial charge in [-0.15, -0.1) is 0 Å². The van der Waals surface area contributed by atoms with E-state index in [1.54, 1.807) is 0 Å². The average molecular weight is 354 g/mol. The van der Waals surface area contributed by atoms with Crippen molar-refractivity contribution >= 4 is 0 Å². The van der Waals surface area contributed by atoms with Crippen molar-refractivity contribution in [3.63, 3.8) is 0 Å². The molecule has 2 aromatic carbocycles. The molecular formula is C25H26N2. The highest BCUT2D eigenvalue weighted by Gasteiger charge is 2.49. The lowest BCUT2D eigenvalue weighted by molar-refractivity contribution is -0.0285. The Balaban J connectivity index is 1.39. The molecule has 4 saturated carbocycles. The maximum atomic E-state index is 4.82. The Kier molecular flexibility index (Phi) is 3.54. The fourth-order valence-electron chi connectivity index (χ4n) is 6.60. The van der Waals surface area contributed by atoms with Crippen molar-refractivity contribution in [2.24, 2.45) is 23.7 Å². The van der Waals surface area contributed by atoms with Gasteiger partial charge >= 0.3 is 0 Å². The Hall–Kier alpha value is -2.35. The van der Waals surface area contributed by atoms with Crippen molar-refractivity contribution in [1.82, 2.24) is 9.55 Å². The zero-order valence-electron chi connectivity index (χ0n) is 15.7. The van der Waals surface area contributed by atoms with Gasteiger partial charge in [0, 0.05) is 24.0 Å². The molecule has 2 nitrogen and oxygen atoms in total. The molecule has 4 bridgehead atoms. The Labute approximate surface area is 161 Å². The van der Waals surface area contributed by atoms with Crippen LogP contribution in [0.4, 0.5) is 0 Å². The summed E-state index contributed by atoms with van der Waals surface area (Å²) in [5.41, 5.74) is 3.79. The molecule has 2 heteroatoms. The van der Waals surface area contributed by atoms with Gasteiger partial charge in [-0.1, -0.05) is 48.5 Å². The van der Waals surface area contributed by atoms with E-state index in [0.717, 1.165) is 29.5 Å². The Morgan fingerprint density at radius 1 is 0.704 bits per heavy atom. The van der Waals surface area contributed by atoms with Crippen LogP contribution in [-0.2, 0) is 0 Å². The van der Waals surface area contributed by atoms with Gasteiger partial charge in [-0.3, -0.25) is 0 Å². The van der Waals surface area contributed by atoms with Crippen molar-refractivity contribution in [3.8, 4) is 22.5 Å². The maximum absolute atomic E-state index is 4.82. The summed E-state index contributed by atoms with van der Waals surface area (Å²) in [6, 6.07) is 20.2. The minimum atomic E-state index is 0.663. The van der Waals surface area contributed by atoms with Gasteiger partial charge in [-0.25, -0.2) is 4.98 Å². The van der Waals surface area contributed by atoms with Crippen LogP contribution in [0.15, 0.2) is 67.0 Å². The molecule has 4 aliphatic carbocycles. The molecule has 0 N–H and O–H groups in total. The van der Waals surface area contributed by atoms with E-state index in [-0.39, 0.29) is 0 Å². The van der Waals surface area contributed by atoms with Crippen molar-refractivity contribution in [1.29, 1.82) is 0 Å². The number of rotatable bonds is 3. The predicted molar refractivity (Wildman–Crippen MR) is 109 cm³/mol. The molecule has 0 atom stereocenters. The smallest absolute Gasteiger partial charge is 0.140 e.